The summed E-state index contributed by atoms with van der Waals surface area (Å²) in [5.74, 6) is 0. The van der Waals surface area contributed by atoms with Gasteiger partial charge >= 0.3 is 0 Å². The minimum Gasteiger partial charge on any atom is -0.317 e. The summed E-state index contributed by atoms with van der Waals surface area (Å²) in [5.41, 5.74) is 1.51. The Morgan fingerprint density at radius 2 is 2.13 bits per heavy atom. The predicted octanol–water partition coefficient (Wildman–Crippen LogP) is 2.09. The highest BCUT2D eigenvalue weighted by Gasteiger charge is 2.22. The van der Waals surface area contributed by atoms with E-state index in [1.807, 2.05) is 17.9 Å². The fourth-order valence-corrected chi connectivity index (χ4v) is 1.87. The zero-order valence-electron chi connectivity index (χ0n) is 10.4. The van der Waals surface area contributed by atoms with Crippen LogP contribution >= 0.6 is 0 Å². The molecule has 1 rings (SSSR count). The number of aryl methyl sites for hydroxylation is 1. The van der Waals surface area contributed by atoms with Crippen molar-refractivity contribution in [3.8, 4) is 0 Å². The molecule has 15 heavy (non-hydrogen) atoms. The molecule has 3 heteroatoms. The molecule has 0 radical (unpaired) electrons. The van der Waals surface area contributed by atoms with Crippen LogP contribution in [0, 0.1) is 0 Å². The number of nitrogens with one attached hydrogen (secondary N) is 1. The average molecular weight is 209 g/mol. The number of aromatic nitrogens is 2. The summed E-state index contributed by atoms with van der Waals surface area (Å²) in [6.45, 7) is 8.93. The topological polar surface area (TPSA) is 29.9 Å². The van der Waals surface area contributed by atoms with Crippen LogP contribution in [0.4, 0.5) is 0 Å². The Bertz CT molecular complexity index is 289. The molecule has 86 valence electrons. The third-order valence-electron chi connectivity index (χ3n) is 2.87. The van der Waals surface area contributed by atoms with Crippen molar-refractivity contribution in [1.29, 1.82) is 0 Å². The molecule has 0 bridgehead atoms. The van der Waals surface area contributed by atoms with Crippen LogP contribution in [0.3, 0.4) is 0 Å². The maximum atomic E-state index is 4.22. The average Bonchev–Trinajstić information content (AvgIpc) is 2.60. The molecule has 0 aliphatic heterocycles. The molecule has 0 aliphatic rings. The lowest BCUT2D eigenvalue weighted by molar-refractivity contribution is 0.426. The quantitative estimate of drug-likeness (QED) is 0.727. The Balaban J connectivity index is 2.48. The maximum absolute atomic E-state index is 4.22. The third-order valence-corrected chi connectivity index (χ3v) is 2.87. The van der Waals surface area contributed by atoms with E-state index in [1.54, 1.807) is 0 Å². The zero-order chi connectivity index (χ0) is 11.3. The lowest BCUT2D eigenvalue weighted by Crippen LogP contribution is -2.27. The molecule has 1 heterocycles. The second kappa shape index (κ2) is 5.31. The van der Waals surface area contributed by atoms with Gasteiger partial charge in [0.2, 0.25) is 0 Å². The monoisotopic (exact) mass is 209 g/mol. The Morgan fingerprint density at radius 3 is 2.67 bits per heavy atom. The van der Waals surface area contributed by atoms with Crippen molar-refractivity contribution < 1.29 is 0 Å². The molecule has 1 aromatic rings. The van der Waals surface area contributed by atoms with Gasteiger partial charge in [-0.25, -0.2) is 0 Å². The normalized spacial score (nSPS) is 12.0. The molecule has 0 aromatic carbocycles. The van der Waals surface area contributed by atoms with Crippen molar-refractivity contribution >= 4 is 0 Å². The van der Waals surface area contributed by atoms with Gasteiger partial charge in [0.15, 0.2) is 0 Å². The summed E-state index contributed by atoms with van der Waals surface area (Å²) in [4.78, 5) is 0. The molecule has 0 fully saturated rings. The van der Waals surface area contributed by atoms with E-state index in [4.69, 9.17) is 0 Å². The summed E-state index contributed by atoms with van der Waals surface area (Å²) in [6, 6.07) is 2.11. The van der Waals surface area contributed by atoms with Crippen LogP contribution in [0.5, 0.6) is 0 Å². The van der Waals surface area contributed by atoms with Gasteiger partial charge in [-0.15, -0.1) is 0 Å². The highest BCUT2D eigenvalue weighted by Crippen LogP contribution is 2.25. The van der Waals surface area contributed by atoms with Crippen molar-refractivity contribution in [1.82, 2.24) is 15.1 Å². The van der Waals surface area contributed by atoms with Crippen LogP contribution in [0.15, 0.2) is 12.3 Å². The maximum Gasteiger partial charge on any atom is 0.0492 e. The second-order valence-corrected chi connectivity index (χ2v) is 4.72. The lowest BCUT2D eigenvalue weighted by atomic mass is 9.85. The largest absolute Gasteiger partial charge is 0.317 e. The SMILES string of the molecule is CCCNCCC(C)(C)c1ccnn1C. The molecule has 0 spiro atoms. The number of rotatable bonds is 6. The van der Waals surface area contributed by atoms with Gasteiger partial charge in [0.25, 0.3) is 0 Å². The van der Waals surface area contributed by atoms with Gasteiger partial charge in [0, 0.05) is 24.4 Å². The lowest BCUT2D eigenvalue weighted by Gasteiger charge is -2.25. The Labute approximate surface area is 92.9 Å². The van der Waals surface area contributed by atoms with E-state index >= 15 is 0 Å². The minimum absolute atomic E-state index is 0.200. The molecule has 0 unspecified atom stereocenters. The second-order valence-electron chi connectivity index (χ2n) is 4.72. The molecule has 1 aromatic heterocycles. The standard InChI is InChI=1S/C12H23N3/c1-5-8-13-10-7-12(2,3)11-6-9-14-15(11)4/h6,9,13H,5,7-8,10H2,1-4H3. The molecule has 0 amide bonds. The van der Waals surface area contributed by atoms with Crippen LogP contribution in [0.25, 0.3) is 0 Å². The van der Waals surface area contributed by atoms with Crippen LogP contribution in [-0.2, 0) is 12.5 Å². The van der Waals surface area contributed by atoms with Crippen LogP contribution < -0.4 is 5.32 Å². The van der Waals surface area contributed by atoms with E-state index < -0.39 is 0 Å². The van der Waals surface area contributed by atoms with Gasteiger partial charge < -0.3 is 5.32 Å². The predicted molar refractivity (Wildman–Crippen MR) is 64.0 cm³/mol. The van der Waals surface area contributed by atoms with E-state index in [0.29, 0.717) is 0 Å². The molecule has 3 nitrogen and oxygen atoms in total. The smallest absolute Gasteiger partial charge is 0.0492 e. The van der Waals surface area contributed by atoms with Crippen LogP contribution in [0.1, 0.15) is 39.3 Å². The summed E-state index contributed by atoms with van der Waals surface area (Å²) < 4.78 is 1.97. The first-order valence-electron chi connectivity index (χ1n) is 5.77. The first kappa shape index (κ1) is 12.2. The zero-order valence-corrected chi connectivity index (χ0v) is 10.4. The fraction of sp³-hybridized carbons (Fsp3) is 0.750. The Kier molecular flexibility index (Phi) is 4.33. The van der Waals surface area contributed by atoms with Crippen molar-refractivity contribution in [3.63, 3.8) is 0 Å². The number of hydrogen-bond acceptors (Lipinski definition) is 2. The first-order valence-corrected chi connectivity index (χ1v) is 5.77. The van der Waals surface area contributed by atoms with E-state index in [-0.39, 0.29) is 5.41 Å². The van der Waals surface area contributed by atoms with E-state index in [1.165, 1.54) is 12.1 Å². The van der Waals surface area contributed by atoms with Gasteiger partial charge in [0.05, 0.1) is 0 Å². The van der Waals surface area contributed by atoms with Crippen LogP contribution in [-0.4, -0.2) is 22.9 Å². The van der Waals surface area contributed by atoms with Crippen molar-refractivity contribution in [2.24, 2.45) is 7.05 Å². The van der Waals surface area contributed by atoms with Crippen molar-refractivity contribution in [2.75, 3.05) is 13.1 Å². The van der Waals surface area contributed by atoms with Gasteiger partial charge in [-0.2, -0.15) is 5.10 Å². The molecular formula is C12H23N3. The number of hydrogen-bond donors (Lipinski definition) is 1. The molecule has 1 N–H and O–H groups in total. The molecular weight excluding hydrogens is 186 g/mol. The molecule has 0 saturated heterocycles. The Morgan fingerprint density at radius 1 is 1.40 bits per heavy atom. The first-order chi connectivity index (χ1) is 7.08. The third kappa shape index (κ3) is 3.34. The molecule has 0 atom stereocenters. The minimum atomic E-state index is 0.200. The van der Waals surface area contributed by atoms with Crippen LogP contribution in [0.2, 0.25) is 0 Å². The summed E-state index contributed by atoms with van der Waals surface area (Å²) >= 11 is 0. The van der Waals surface area contributed by atoms with Gasteiger partial charge in [-0.05, 0) is 32.0 Å². The van der Waals surface area contributed by atoms with E-state index in [0.717, 1.165) is 19.5 Å². The van der Waals surface area contributed by atoms with Gasteiger partial charge in [-0.1, -0.05) is 20.8 Å². The Hall–Kier alpha value is -0.830. The summed E-state index contributed by atoms with van der Waals surface area (Å²) in [7, 11) is 2.01. The highest BCUT2D eigenvalue weighted by molar-refractivity contribution is 5.13. The number of nitrogens with zero attached hydrogens (tertiary/aromatic N) is 2. The summed E-state index contributed by atoms with van der Waals surface area (Å²) in [5, 5.41) is 7.67. The van der Waals surface area contributed by atoms with Gasteiger partial charge in [-0.3, -0.25) is 4.68 Å². The molecule has 0 aliphatic carbocycles. The van der Waals surface area contributed by atoms with Crippen molar-refractivity contribution in [2.45, 2.75) is 39.0 Å². The summed E-state index contributed by atoms with van der Waals surface area (Å²) in [6.07, 6.45) is 4.22. The highest BCUT2D eigenvalue weighted by atomic mass is 15.3. The van der Waals surface area contributed by atoms with E-state index in [9.17, 15) is 0 Å². The van der Waals surface area contributed by atoms with Crippen molar-refractivity contribution in [3.05, 3.63) is 18.0 Å². The molecule has 0 saturated carbocycles. The van der Waals surface area contributed by atoms with E-state index in [2.05, 4.69) is 37.3 Å². The fourth-order valence-electron chi connectivity index (χ4n) is 1.87. The van der Waals surface area contributed by atoms with Gasteiger partial charge in [0.1, 0.15) is 0 Å².